The highest BCUT2D eigenvalue weighted by Gasteiger charge is 2.35. The van der Waals surface area contributed by atoms with E-state index in [0.717, 1.165) is 16.9 Å². The van der Waals surface area contributed by atoms with Crippen molar-refractivity contribution in [3.8, 4) is 0 Å². The van der Waals surface area contributed by atoms with Crippen LogP contribution in [0.15, 0.2) is 24.3 Å². The van der Waals surface area contributed by atoms with Gasteiger partial charge in [0, 0.05) is 17.0 Å². The van der Waals surface area contributed by atoms with E-state index in [4.69, 9.17) is 11.6 Å². The van der Waals surface area contributed by atoms with Gasteiger partial charge in [0.25, 0.3) is 0 Å². The molecular formula is C18H28ClN. The zero-order valence-electron chi connectivity index (χ0n) is 13.3. The van der Waals surface area contributed by atoms with E-state index >= 15 is 0 Å². The Bertz CT molecular complexity index is 406. The van der Waals surface area contributed by atoms with Crippen molar-refractivity contribution in [2.24, 2.45) is 11.8 Å². The lowest BCUT2D eigenvalue weighted by Crippen LogP contribution is -2.40. The Labute approximate surface area is 129 Å². The fourth-order valence-electron chi connectivity index (χ4n) is 3.45. The minimum absolute atomic E-state index is 0.626. The smallest absolute Gasteiger partial charge is 0.0406 e. The van der Waals surface area contributed by atoms with Gasteiger partial charge in [-0.3, -0.25) is 0 Å². The Balaban J connectivity index is 2.27. The number of nitrogens with zero attached hydrogens (tertiary/aromatic N) is 1. The minimum atomic E-state index is 0.626. The highest BCUT2D eigenvalue weighted by Crippen LogP contribution is 2.43. The Morgan fingerprint density at radius 3 is 2.15 bits per heavy atom. The molecule has 0 saturated heterocycles. The molecule has 1 nitrogen and oxygen atoms in total. The van der Waals surface area contributed by atoms with E-state index in [1.165, 1.54) is 31.2 Å². The molecular weight excluding hydrogens is 266 g/mol. The van der Waals surface area contributed by atoms with Gasteiger partial charge in [-0.25, -0.2) is 0 Å². The van der Waals surface area contributed by atoms with Crippen LogP contribution in [0, 0.1) is 11.8 Å². The normalized spacial score (nSPS) is 19.1. The SMILES string of the molecule is CC(C)C[C@@H]([C@@H](c1ccc(Cl)cc1)C1CCC1)N(C)C. The Kier molecular flexibility index (Phi) is 5.51. The Morgan fingerprint density at radius 2 is 1.75 bits per heavy atom. The molecule has 2 atom stereocenters. The van der Waals surface area contributed by atoms with Crippen molar-refractivity contribution in [3.05, 3.63) is 34.9 Å². The summed E-state index contributed by atoms with van der Waals surface area (Å²) in [7, 11) is 4.46. The van der Waals surface area contributed by atoms with E-state index in [-0.39, 0.29) is 0 Å². The first-order valence-corrected chi connectivity index (χ1v) is 8.28. The summed E-state index contributed by atoms with van der Waals surface area (Å²) in [6.45, 7) is 4.66. The maximum Gasteiger partial charge on any atom is 0.0406 e. The van der Waals surface area contributed by atoms with Gasteiger partial charge in [-0.1, -0.05) is 44.0 Å². The van der Waals surface area contributed by atoms with Gasteiger partial charge < -0.3 is 4.90 Å². The second kappa shape index (κ2) is 6.95. The number of hydrogen-bond acceptors (Lipinski definition) is 1. The number of rotatable bonds is 6. The maximum absolute atomic E-state index is 6.06. The summed E-state index contributed by atoms with van der Waals surface area (Å²) in [4.78, 5) is 2.43. The predicted octanol–water partition coefficient (Wildman–Crippen LogP) is 5.20. The van der Waals surface area contributed by atoms with Crippen LogP contribution >= 0.6 is 11.6 Å². The highest BCUT2D eigenvalue weighted by molar-refractivity contribution is 6.30. The van der Waals surface area contributed by atoms with Crippen molar-refractivity contribution < 1.29 is 0 Å². The average Bonchev–Trinajstić information content (AvgIpc) is 2.32. The van der Waals surface area contributed by atoms with Gasteiger partial charge in [0.15, 0.2) is 0 Å². The van der Waals surface area contributed by atoms with Crippen molar-refractivity contribution >= 4 is 11.6 Å². The van der Waals surface area contributed by atoms with Crippen molar-refractivity contribution in [2.75, 3.05) is 14.1 Å². The lowest BCUT2D eigenvalue weighted by atomic mass is 9.68. The standard InChI is InChI=1S/C18H28ClN/c1-13(2)12-17(20(3)4)18(14-6-5-7-14)15-8-10-16(19)11-9-15/h8-11,13-14,17-18H,5-7,12H2,1-4H3/t17-,18+/m0/s1. The molecule has 1 saturated carbocycles. The fourth-order valence-corrected chi connectivity index (χ4v) is 3.58. The summed E-state index contributed by atoms with van der Waals surface area (Å²) < 4.78 is 0. The van der Waals surface area contributed by atoms with Crippen LogP contribution in [0.4, 0.5) is 0 Å². The minimum Gasteiger partial charge on any atom is -0.306 e. The van der Waals surface area contributed by atoms with E-state index in [9.17, 15) is 0 Å². The van der Waals surface area contributed by atoms with E-state index in [0.29, 0.717) is 12.0 Å². The maximum atomic E-state index is 6.06. The zero-order valence-corrected chi connectivity index (χ0v) is 14.0. The summed E-state index contributed by atoms with van der Waals surface area (Å²) in [6, 6.07) is 9.20. The lowest BCUT2D eigenvalue weighted by molar-refractivity contribution is 0.140. The van der Waals surface area contributed by atoms with Gasteiger partial charge in [-0.05, 0) is 62.9 Å². The second-order valence-electron chi connectivity index (χ2n) is 6.93. The van der Waals surface area contributed by atoms with Crippen LogP contribution < -0.4 is 0 Å². The topological polar surface area (TPSA) is 3.24 Å². The fraction of sp³-hybridized carbons (Fsp3) is 0.667. The average molecular weight is 294 g/mol. The third-order valence-corrected chi connectivity index (χ3v) is 4.96. The summed E-state index contributed by atoms with van der Waals surface area (Å²) >= 11 is 6.06. The van der Waals surface area contributed by atoms with Crippen molar-refractivity contribution in [3.63, 3.8) is 0 Å². The third kappa shape index (κ3) is 3.77. The third-order valence-electron chi connectivity index (χ3n) is 4.70. The van der Waals surface area contributed by atoms with Crippen molar-refractivity contribution in [2.45, 2.75) is 51.5 Å². The molecule has 112 valence electrons. The van der Waals surface area contributed by atoms with Crippen LogP contribution in [-0.4, -0.2) is 25.0 Å². The van der Waals surface area contributed by atoms with E-state index in [2.05, 4.69) is 45.0 Å². The lowest BCUT2D eigenvalue weighted by Gasteiger charge is -2.42. The van der Waals surface area contributed by atoms with Crippen LogP contribution in [-0.2, 0) is 0 Å². The quantitative estimate of drug-likeness (QED) is 0.697. The highest BCUT2D eigenvalue weighted by atomic mass is 35.5. The molecule has 2 rings (SSSR count). The first-order valence-electron chi connectivity index (χ1n) is 7.91. The molecule has 2 heteroatoms. The molecule has 0 radical (unpaired) electrons. The molecule has 1 aliphatic carbocycles. The van der Waals surface area contributed by atoms with Crippen LogP contribution in [0.1, 0.15) is 51.0 Å². The van der Waals surface area contributed by atoms with Crippen LogP contribution in [0.2, 0.25) is 5.02 Å². The van der Waals surface area contributed by atoms with Gasteiger partial charge in [-0.2, -0.15) is 0 Å². The van der Waals surface area contributed by atoms with E-state index in [1.807, 2.05) is 12.1 Å². The van der Waals surface area contributed by atoms with Gasteiger partial charge in [0.1, 0.15) is 0 Å². The van der Waals surface area contributed by atoms with Crippen LogP contribution in [0.25, 0.3) is 0 Å². The number of hydrogen-bond donors (Lipinski definition) is 0. The number of benzene rings is 1. The first-order chi connectivity index (χ1) is 9.49. The molecule has 1 fully saturated rings. The zero-order chi connectivity index (χ0) is 14.7. The van der Waals surface area contributed by atoms with Crippen LogP contribution in [0.3, 0.4) is 0 Å². The Morgan fingerprint density at radius 1 is 1.15 bits per heavy atom. The molecule has 0 spiro atoms. The predicted molar refractivity (Wildman–Crippen MR) is 88.5 cm³/mol. The van der Waals surface area contributed by atoms with Crippen molar-refractivity contribution in [1.29, 1.82) is 0 Å². The molecule has 0 heterocycles. The molecule has 0 amide bonds. The summed E-state index contributed by atoms with van der Waals surface area (Å²) in [6.07, 6.45) is 5.43. The molecule has 20 heavy (non-hydrogen) atoms. The molecule has 0 unspecified atom stereocenters. The largest absolute Gasteiger partial charge is 0.306 e. The van der Waals surface area contributed by atoms with Crippen molar-refractivity contribution in [1.82, 2.24) is 4.90 Å². The molecule has 0 N–H and O–H groups in total. The molecule has 0 aromatic heterocycles. The summed E-state index contributed by atoms with van der Waals surface area (Å²) in [5.74, 6) is 2.23. The summed E-state index contributed by atoms with van der Waals surface area (Å²) in [5.41, 5.74) is 1.47. The van der Waals surface area contributed by atoms with Gasteiger partial charge in [0.05, 0.1) is 0 Å². The molecule has 1 aromatic rings. The summed E-state index contributed by atoms with van der Waals surface area (Å²) in [5, 5.41) is 0.839. The number of halogens is 1. The molecule has 1 aliphatic rings. The molecule has 0 bridgehead atoms. The van der Waals surface area contributed by atoms with Gasteiger partial charge >= 0.3 is 0 Å². The van der Waals surface area contributed by atoms with E-state index < -0.39 is 0 Å². The first kappa shape index (κ1) is 15.9. The number of likely N-dealkylation sites (N-methyl/N-ethyl adjacent to an activating group) is 1. The van der Waals surface area contributed by atoms with E-state index in [1.54, 1.807) is 0 Å². The monoisotopic (exact) mass is 293 g/mol. The molecule has 1 aromatic carbocycles. The van der Waals surface area contributed by atoms with Gasteiger partial charge in [0.2, 0.25) is 0 Å². The molecule has 0 aliphatic heterocycles. The van der Waals surface area contributed by atoms with Gasteiger partial charge in [-0.15, -0.1) is 0 Å². The Hall–Kier alpha value is -0.530. The second-order valence-corrected chi connectivity index (χ2v) is 7.37. The van der Waals surface area contributed by atoms with Crippen LogP contribution in [0.5, 0.6) is 0 Å².